The molecular formula is C16H16Cl3N. The minimum absolute atomic E-state index is 0.550. The van der Waals surface area contributed by atoms with Crippen LogP contribution in [0, 0.1) is 0 Å². The molecule has 1 nitrogen and oxygen atoms in total. The third kappa shape index (κ3) is 3.89. The largest absolute Gasteiger partial charge is 0.313 e. The Bertz CT molecular complexity index is 596. The molecule has 2 rings (SSSR count). The second kappa shape index (κ2) is 7.33. The van der Waals surface area contributed by atoms with Gasteiger partial charge in [0.15, 0.2) is 0 Å². The first-order valence-electron chi connectivity index (χ1n) is 6.56. The van der Waals surface area contributed by atoms with Crippen LogP contribution in [0.4, 0.5) is 0 Å². The van der Waals surface area contributed by atoms with Gasteiger partial charge in [-0.2, -0.15) is 0 Å². The van der Waals surface area contributed by atoms with Gasteiger partial charge in [-0.05, 0) is 47.9 Å². The lowest BCUT2D eigenvalue weighted by atomic mass is 10.0. The Balaban J connectivity index is 2.21. The lowest BCUT2D eigenvalue weighted by molar-refractivity contribution is 0.675. The summed E-state index contributed by atoms with van der Waals surface area (Å²) in [6.45, 7) is 3.92. The van der Waals surface area contributed by atoms with E-state index in [4.69, 9.17) is 34.8 Å². The number of halogens is 3. The van der Waals surface area contributed by atoms with Crippen molar-refractivity contribution in [3.8, 4) is 11.1 Å². The van der Waals surface area contributed by atoms with Crippen molar-refractivity contribution in [2.75, 3.05) is 6.54 Å². The first kappa shape index (κ1) is 15.7. The summed E-state index contributed by atoms with van der Waals surface area (Å²) in [5.74, 6) is 0. The van der Waals surface area contributed by atoms with Gasteiger partial charge in [0, 0.05) is 11.6 Å². The summed E-state index contributed by atoms with van der Waals surface area (Å²) < 4.78 is 0. The van der Waals surface area contributed by atoms with Crippen LogP contribution < -0.4 is 5.32 Å². The van der Waals surface area contributed by atoms with Crippen molar-refractivity contribution < 1.29 is 0 Å². The Hall–Kier alpha value is -0.730. The third-order valence-electron chi connectivity index (χ3n) is 3.05. The van der Waals surface area contributed by atoms with Gasteiger partial charge in [0.05, 0.1) is 10.0 Å². The normalized spacial score (nSPS) is 10.8. The van der Waals surface area contributed by atoms with Gasteiger partial charge in [0.1, 0.15) is 0 Å². The Labute approximate surface area is 134 Å². The minimum Gasteiger partial charge on any atom is -0.313 e. The fourth-order valence-corrected chi connectivity index (χ4v) is 2.49. The highest BCUT2D eigenvalue weighted by Gasteiger charge is 2.05. The molecule has 106 valence electrons. The second-order valence-electron chi connectivity index (χ2n) is 4.61. The predicted molar refractivity (Wildman–Crippen MR) is 88.9 cm³/mol. The molecule has 20 heavy (non-hydrogen) atoms. The summed E-state index contributed by atoms with van der Waals surface area (Å²) in [5.41, 5.74) is 3.14. The fourth-order valence-electron chi connectivity index (χ4n) is 1.95. The molecule has 4 heteroatoms. The molecular weight excluding hydrogens is 313 g/mol. The van der Waals surface area contributed by atoms with Crippen molar-refractivity contribution in [1.82, 2.24) is 5.32 Å². The number of nitrogens with one attached hydrogen (secondary N) is 1. The molecule has 1 N–H and O–H groups in total. The maximum absolute atomic E-state index is 6.33. The van der Waals surface area contributed by atoms with Crippen LogP contribution in [0.15, 0.2) is 36.4 Å². The predicted octanol–water partition coefficient (Wildman–Crippen LogP) is 5.81. The zero-order chi connectivity index (χ0) is 14.5. The highest BCUT2D eigenvalue weighted by molar-refractivity contribution is 6.42. The zero-order valence-corrected chi connectivity index (χ0v) is 13.5. The van der Waals surface area contributed by atoms with E-state index in [1.807, 2.05) is 24.3 Å². The first-order chi connectivity index (χ1) is 9.61. The van der Waals surface area contributed by atoms with Gasteiger partial charge in [0.25, 0.3) is 0 Å². The van der Waals surface area contributed by atoms with E-state index < -0.39 is 0 Å². The molecule has 0 aromatic heterocycles. The molecule has 0 aliphatic carbocycles. The van der Waals surface area contributed by atoms with Crippen molar-refractivity contribution in [1.29, 1.82) is 0 Å². The number of hydrogen-bond donors (Lipinski definition) is 1. The molecule has 0 aliphatic heterocycles. The SMILES string of the molecule is CCCNCc1ccc(-c2ccc(Cl)c(Cl)c2)cc1Cl. The van der Waals surface area contributed by atoms with Crippen molar-refractivity contribution in [2.45, 2.75) is 19.9 Å². The average Bonchev–Trinajstić information content (AvgIpc) is 2.44. The molecule has 2 aromatic carbocycles. The molecule has 0 unspecified atom stereocenters. The van der Waals surface area contributed by atoms with Gasteiger partial charge in [0.2, 0.25) is 0 Å². The Morgan fingerprint density at radius 3 is 2.10 bits per heavy atom. The van der Waals surface area contributed by atoms with E-state index in [9.17, 15) is 0 Å². The second-order valence-corrected chi connectivity index (χ2v) is 5.83. The summed E-state index contributed by atoms with van der Waals surface area (Å²) in [4.78, 5) is 0. The monoisotopic (exact) mass is 327 g/mol. The van der Waals surface area contributed by atoms with Crippen LogP contribution in [0.2, 0.25) is 15.1 Å². The van der Waals surface area contributed by atoms with E-state index in [1.54, 1.807) is 6.07 Å². The maximum atomic E-state index is 6.33. The van der Waals surface area contributed by atoms with Gasteiger partial charge in [-0.1, -0.05) is 59.9 Å². The lowest BCUT2D eigenvalue weighted by Crippen LogP contribution is -2.13. The molecule has 0 spiro atoms. The Morgan fingerprint density at radius 1 is 0.850 bits per heavy atom. The van der Waals surface area contributed by atoms with Crippen molar-refractivity contribution in [2.24, 2.45) is 0 Å². The van der Waals surface area contributed by atoms with Crippen LogP contribution in [0.25, 0.3) is 11.1 Å². The van der Waals surface area contributed by atoms with Gasteiger partial charge < -0.3 is 5.32 Å². The van der Waals surface area contributed by atoms with Crippen molar-refractivity contribution >= 4 is 34.8 Å². The van der Waals surface area contributed by atoms with E-state index >= 15 is 0 Å². The van der Waals surface area contributed by atoms with Gasteiger partial charge in [-0.15, -0.1) is 0 Å². The van der Waals surface area contributed by atoms with Gasteiger partial charge in [-0.3, -0.25) is 0 Å². The zero-order valence-electron chi connectivity index (χ0n) is 11.2. The molecule has 0 fully saturated rings. The molecule has 0 aliphatic rings. The number of benzene rings is 2. The smallest absolute Gasteiger partial charge is 0.0598 e. The maximum Gasteiger partial charge on any atom is 0.0598 e. The van der Waals surface area contributed by atoms with E-state index in [0.29, 0.717) is 10.0 Å². The van der Waals surface area contributed by atoms with E-state index in [2.05, 4.69) is 18.3 Å². The third-order valence-corrected chi connectivity index (χ3v) is 4.14. The molecule has 0 atom stereocenters. The van der Waals surface area contributed by atoms with Crippen molar-refractivity contribution in [3.63, 3.8) is 0 Å². The van der Waals surface area contributed by atoms with Gasteiger partial charge in [-0.25, -0.2) is 0 Å². The summed E-state index contributed by atoms with van der Waals surface area (Å²) >= 11 is 18.3. The standard InChI is InChI=1S/C16H16Cl3N/c1-2-7-20-10-13-4-3-11(8-15(13)18)12-5-6-14(17)16(19)9-12/h3-6,8-9,20H,2,7,10H2,1H3. The topological polar surface area (TPSA) is 12.0 Å². The molecule has 0 amide bonds. The summed E-state index contributed by atoms with van der Waals surface area (Å²) in [6, 6.07) is 11.6. The highest BCUT2D eigenvalue weighted by Crippen LogP contribution is 2.30. The van der Waals surface area contributed by atoms with Crippen LogP contribution in [0.1, 0.15) is 18.9 Å². The van der Waals surface area contributed by atoms with Crippen LogP contribution in [0.3, 0.4) is 0 Å². The highest BCUT2D eigenvalue weighted by atomic mass is 35.5. The molecule has 0 saturated heterocycles. The van der Waals surface area contributed by atoms with Crippen molar-refractivity contribution in [3.05, 3.63) is 57.0 Å². The first-order valence-corrected chi connectivity index (χ1v) is 7.69. The van der Waals surface area contributed by atoms with Crippen LogP contribution in [-0.2, 0) is 6.54 Å². The molecule has 0 radical (unpaired) electrons. The van der Waals surface area contributed by atoms with E-state index in [1.165, 1.54) is 0 Å². The lowest BCUT2D eigenvalue weighted by Gasteiger charge is -2.09. The molecule has 2 aromatic rings. The Kier molecular flexibility index (Phi) is 5.74. The summed E-state index contributed by atoms with van der Waals surface area (Å²) in [7, 11) is 0. The fraction of sp³-hybridized carbons (Fsp3) is 0.250. The average molecular weight is 329 g/mol. The molecule has 0 saturated carbocycles. The summed E-state index contributed by atoms with van der Waals surface area (Å²) in [6.07, 6.45) is 1.11. The van der Waals surface area contributed by atoms with E-state index in [-0.39, 0.29) is 0 Å². The minimum atomic E-state index is 0.550. The quantitative estimate of drug-likeness (QED) is 0.683. The Morgan fingerprint density at radius 2 is 1.50 bits per heavy atom. The number of hydrogen-bond acceptors (Lipinski definition) is 1. The summed E-state index contributed by atoms with van der Waals surface area (Å²) in [5, 5.41) is 5.21. The van der Waals surface area contributed by atoms with Crippen LogP contribution in [-0.4, -0.2) is 6.54 Å². The number of rotatable bonds is 5. The van der Waals surface area contributed by atoms with Crippen LogP contribution in [0.5, 0.6) is 0 Å². The molecule has 0 bridgehead atoms. The van der Waals surface area contributed by atoms with Gasteiger partial charge >= 0.3 is 0 Å². The van der Waals surface area contributed by atoms with Crippen LogP contribution >= 0.6 is 34.8 Å². The molecule has 0 heterocycles. The van der Waals surface area contributed by atoms with E-state index in [0.717, 1.165) is 41.2 Å².